The molecule has 0 bridgehead atoms. The van der Waals surface area contributed by atoms with Crippen molar-refractivity contribution in [3.63, 3.8) is 0 Å². The molecule has 20 heavy (non-hydrogen) atoms. The maximum Gasteiger partial charge on any atom is 0.241 e. The number of amides is 1. The van der Waals surface area contributed by atoms with Gasteiger partial charge in [-0.25, -0.2) is 0 Å². The second-order valence-corrected chi connectivity index (χ2v) is 6.99. The fraction of sp³-hybridized carbons (Fsp3) is 0.929. The van der Waals surface area contributed by atoms with Crippen molar-refractivity contribution in [2.24, 2.45) is 17.1 Å². The van der Waals surface area contributed by atoms with Crippen molar-refractivity contribution in [3.8, 4) is 0 Å². The van der Waals surface area contributed by atoms with Crippen LogP contribution in [-0.4, -0.2) is 54.6 Å². The number of carbonyl (C=O) groups is 1. The third-order valence-electron chi connectivity index (χ3n) is 5.49. The van der Waals surface area contributed by atoms with E-state index in [0.717, 1.165) is 6.42 Å². The van der Waals surface area contributed by atoms with Crippen LogP contribution in [0.15, 0.2) is 0 Å². The number of ether oxygens (including phenoxy) is 2. The van der Waals surface area contributed by atoms with Crippen LogP contribution in [0.2, 0.25) is 0 Å². The minimum absolute atomic E-state index is 0.0659. The summed E-state index contributed by atoms with van der Waals surface area (Å²) < 4.78 is 10.9. The van der Waals surface area contributed by atoms with Crippen LogP contribution in [0.3, 0.4) is 0 Å². The van der Waals surface area contributed by atoms with Crippen LogP contribution in [0.1, 0.15) is 26.7 Å². The first-order valence-electron chi connectivity index (χ1n) is 7.30. The largest absolute Gasteiger partial charge is 0.386 e. The molecule has 1 aliphatic carbocycles. The quantitative estimate of drug-likeness (QED) is 0.643. The lowest BCUT2D eigenvalue weighted by molar-refractivity contribution is -0.176. The highest BCUT2D eigenvalue weighted by molar-refractivity contribution is 5.89. The van der Waals surface area contributed by atoms with Crippen LogP contribution in [0.25, 0.3) is 0 Å². The first-order valence-corrected chi connectivity index (χ1v) is 7.30. The molecule has 3 aliphatic rings. The number of fused-ring (bicyclic) bond motifs is 1. The zero-order valence-electron chi connectivity index (χ0n) is 12.1. The predicted molar refractivity (Wildman–Crippen MR) is 71.9 cm³/mol. The van der Waals surface area contributed by atoms with Gasteiger partial charge in [-0.3, -0.25) is 4.79 Å². The molecular weight excluding hydrogens is 260 g/mol. The molecule has 0 aromatic carbocycles. The molecule has 4 N–H and O–H groups in total. The summed E-state index contributed by atoms with van der Waals surface area (Å²) in [6.07, 6.45) is 1.44. The van der Waals surface area contributed by atoms with Crippen LogP contribution in [0.4, 0.5) is 0 Å². The summed E-state index contributed by atoms with van der Waals surface area (Å²) in [6, 6.07) is 0. The van der Waals surface area contributed by atoms with Crippen molar-refractivity contribution in [1.82, 2.24) is 5.32 Å². The Balaban J connectivity index is 1.67. The molecule has 2 saturated heterocycles. The number of rotatable bonds is 3. The van der Waals surface area contributed by atoms with Gasteiger partial charge in [-0.2, -0.15) is 0 Å². The topological polar surface area (TPSA) is 93.8 Å². The van der Waals surface area contributed by atoms with Crippen molar-refractivity contribution in [1.29, 1.82) is 0 Å². The Bertz CT molecular complexity index is 419. The third kappa shape index (κ3) is 1.75. The molecule has 6 nitrogen and oxygen atoms in total. The normalized spacial score (nSPS) is 45.8. The molecule has 1 amide bonds. The van der Waals surface area contributed by atoms with Gasteiger partial charge in [0.1, 0.15) is 11.1 Å². The number of carbonyl (C=O) groups excluding carboxylic acids is 1. The average Bonchev–Trinajstić information content (AvgIpc) is 3.03. The van der Waals surface area contributed by atoms with Gasteiger partial charge in [-0.15, -0.1) is 0 Å². The maximum atomic E-state index is 12.6. The SMILES string of the molecule is CC1(C)C2OCCC2C1(N)C(=O)NCC1(O)CCOC1. The predicted octanol–water partition coefficient (Wildman–Crippen LogP) is -0.604. The minimum atomic E-state index is -0.953. The van der Waals surface area contributed by atoms with E-state index in [-0.39, 0.29) is 36.5 Å². The van der Waals surface area contributed by atoms with Crippen LogP contribution >= 0.6 is 0 Å². The standard InChI is InChI=1S/C14H24N2O4/c1-12(2)10-9(3-5-20-10)14(12,15)11(17)16-7-13(18)4-6-19-8-13/h9-10,18H,3-8,15H2,1-2H3,(H,16,17). The van der Waals surface area contributed by atoms with Crippen molar-refractivity contribution in [2.45, 2.75) is 43.9 Å². The molecule has 0 aromatic heterocycles. The van der Waals surface area contributed by atoms with Crippen molar-refractivity contribution in [2.75, 3.05) is 26.4 Å². The van der Waals surface area contributed by atoms with Gasteiger partial charge in [0.05, 0.1) is 12.7 Å². The number of hydrogen-bond acceptors (Lipinski definition) is 5. The Hall–Kier alpha value is -0.690. The number of nitrogens with one attached hydrogen (secondary N) is 1. The number of nitrogens with two attached hydrogens (primary N) is 1. The van der Waals surface area contributed by atoms with Crippen LogP contribution < -0.4 is 11.1 Å². The molecule has 0 spiro atoms. The summed E-state index contributed by atoms with van der Waals surface area (Å²) in [4.78, 5) is 12.6. The van der Waals surface area contributed by atoms with E-state index in [1.807, 2.05) is 13.8 Å². The van der Waals surface area contributed by atoms with Crippen molar-refractivity contribution < 1.29 is 19.4 Å². The second-order valence-electron chi connectivity index (χ2n) is 6.99. The zero-order chi connectivity index (χ0) is 14.6. The van der Waals surface area contributed by atoms with Gasteiger partial charge in [-0.1, -0.05) is 13.8 Å². The molecule has 3 rings (SSSR count). The van der Waals surface area contributed by atoms with Gasteiger partial charge in [0, 0.05) is 37.5 Å². The smallest absolute Gasteiger partial charge is 0.241 e. The Morgan fingerprint density at radius 1 is 1.45 bits per heavy atom. The lowest BCUT2D eigenvalue weighted by Crippen LogP contribution is -2.80. The molecule has 2 aliphatic heterocycles. The second kappa shape index (κ2) is 4.40. The molecule has 4 unspecified atom stereocenters. The summed E-state index contributed by atoms with van der Waals surface area (Å²) in [6.45, 7) is 5.62. The minimum Gasteiger partial charge on any atom is -0.386 e. The highest BCUT2D eigenvalue weighted by atomic mass is 16.5. The molecular formula is C14H24N2O4. The highest BCUT2D eigenvalue weighted by Crippen LogP contribution is 2.58. The molecule has 4 atom stereocenters. The molecule has 1 saturated carbocycles. The Kier molecular flexibility index (Phi) is 3.14. The molecule has 2 heterocycles. The summed E-state index contributed by atoms with van der Waals surface area (Å²) in [5, 5.41) is 13.0. The number of aliphatic hydroxyl groups is 1. The molecule has 6 heteroatoms. The van der Waals surface area contributed by atoms with E-state index in [4.69, 9.17) is 15.2 Å². The number of hydrogen-bond donors (Lipinski definition) is 3. The first-order chi connectivity index (χ1) is 9.31. The van der Waals surface area contributed by atoms with Gasteiger partial charge >= 0.3 is 0 Å². The van der Waals surface area contributed by atoms with E-state index >= 15 is 0 Å². The zero-order valence-corrected chi connectivity index (χ0v) is 12.1. The summed E-state index contributed by atoms with van der Waals surface area (Å²) in [7, 11) is 0. The third-order valence-corrected chi connectivity index (χ3v) is 5.49. The Labute approximate surface area is 119 Å². The van der Waals surface area contributed by atoms with Crippen LogP contribution in [-0.2, 0) is 14.3 Å². The molecule has 0 aromatic rings. The van der Waals surface area contributed by atoms with Gasteiger partial charge < -0.3 is 25.6 Å². The van der Waals surface area contributed by atoms with E-state index in [1.165, 1.54) is 0 Å². The summed E-state index contributed by atoms with van der Waals surface area (Å²) in [5.41, 5.74) is 4.18. The van der Waals surface area contributed by atoms with E-state index in [2.05, 4.69) is 5.32 Å². The van der Waals surface area contributed by atoms with Crippen molar-refractivity contribution in [3.05, 3.63) is 0 Å². The van der Waals surface area contributed by atoms with Crippen molar-refractivity contribution >= 4 is 5.91 Å². The van der Waals surface area contributed by atoms with E-state index in [9.17, 15) is 9.90 Å². The van der Waals surface area contributed by atoms with Gasteiger partial charge in [0.2, 0.25) is 5.91 Å². The molecule has 3 fully saturated rings. The fourth-order valence-electron chi connectivity index (χ4n) is 3.97. The Morgan fingerprint density at radius 3 is 2.85 bits per heavy atom. The average molecular weight is 284 g/mol. The molecule has 114 valence electrons. The van der Waals surface area contributed by atoms with Gasteiger partial charge in [0.15, 0.2) is 0 Å². The highest BCUT2D eigenvalue weighted by Gasteiger charge is 2.71. The summed E-state index contributed by atoms with van der Waals surface area (Å²) >= 11 is 0. The van der Waals surface area contributed by atoms with Gasteiger partial charge in [0.25, 0.3) is 0 Å². The fourth-order valence-corrected chi connectivity index (χ4v) is 3.97. The van der Waals surface area contributed by atoms with Gasteiger partial charge in [-0.05, 0) is 6.42 Å². The van der Waals surface area contributed by atoms with E-state index in [0.29, 0.717) is 19.6 Å². The van der Waals surface area contributed by atoms with E-state index in [1.54, 1.807) is 0 Å². The summed E-state index contributed by atoms with van der Waals surface area (Å²) in [5.74, 6) is -0.110. The van der Waals surface area contributed by atoms with E-state index < -0.39 is 11.1 Å². The van der Waals surface area contributed by atoms with Crippen LogP contribution in [0.5, 0.6) is 0 Å². The van der Waals surface area contributed by atoms with Crippen LogP contribution in [0, 0.1) is 11.3 Å². The lowest BCUT2D eigenvalue weighted by Gasteiger charge is -2.60. The first kappa shape index (κ1) is 14.3. The molecule has 0 radical (unpaired) electrons. The Morgan fingerprint density at radius 2 is 2.20 bits per heavy atom. The maximum absolute atomic E-state index is 12.6. The lowest BCUT2D eigenvalue weighted by atomic mass is 9.48. The monoisotopic (exact) mass is 284 g/mol.